The van der Waals surface area contributed by atoms with Crippen LogP contribution in [0.4, 0.5) is 0 Å². The third kappa shape index (κ3) is 4.65. The molecule has 0 bridgehead atoms. The van der Waals surface area contributed by atoms with Crippen molar-refractivity contribution in [2.45, 2.75) is 13.8 Å². The van der Waals surface area contributed by atoms with Gasteiger partial charge < -0.3 is 14.8 Å². The Morgan fingerprint density at radius 1 is 1.03 bits per heavy atom. The van der Waals surface area contributed by atoms with Crippen molar-refractivity contribution in [2.24, 2.45) is 0 Å². The summed E-state index contributed by atoms with van der Waals surface area (Å²) >= 11 is 0. The molecule has 0 amide bonds. The molecule has 0 spiro atoms. The van der Waals surface area contributed by atoms with Gasteiger partial charge in [-0.3, -0.25) is 9.36 Å². The number of methoxy groups -OCH3 is 1. The van der Waals surface area contributed by atoms with Gasteiger partial charge in [0, 0.05) is 11.8 Å². The van der Waals surface area contributed by atoms with E-state index in [1.54, 1.807) is 48.7 Å². The Balaban J connectivity index is 1.60. The fourth-order valence-electron chi connectivity index (χ4n) is 3.52. The van der Waals surface area contributed by atoms with Crippen molar-refractivity contribution in [1.29, 1.82) is 0 Å². The fraction of sp³-hybridized carbons (Fsp3) is 0.111. The second-order valence-electron chi connectivity index (χ2n) is 7.82. The van der Waals surface area contributed by atoms with E-state index in [2.05, 4.69) is 4.98 Å². The monoisotopic (exact) mass is 440 g/mol. The topological polar surface area (TPSA) is 84.3 Å². The molecular formula is C27H24N2O4. The van der Waals surface area contributed by atoms with Crippen LogP contribution in [0.2, 0.25) is 0 Å². The number of aromatic nitrogens is 2. The molecule has 6 heteroatoms. The number of nitrogens with zero attached hydrogens (tertiary/aromatic N) is 1. The van der Waals surface area contributed by atoms with Gasteiger partial charge in [-0.2, -0.15) is 0 Å². The molecule has 0 unspecified atom stereocenters. The molecule has 0 saturated carbocycles. The van der Waals surface area contributed by atoms with Crippen LogP contribution in [0.15, 0.2) is 77.7 Å². The highest BCUT2D eigenvalue weighted by Gasteiger charge is 2.10. The Bertz CT molecular complexity index is 1430. The zero-order valence-corrected chi connectivity index (χ0v) is 18.6. The van der Waals surface area contributed by atoms with Crippen LogP contribution in [-0.2, 0) is 0 Å². The van der Waals surface area contributed by atoms with E-state index in [1.807, 2.05) is 32.0 Å². The number of carbonyl (C=O) groups is 1. The molecule has 1 heterocycles. The zero-order chi connectivity index (χ0) is 23.5. The quantitative estimate of drug-likeness (QED) is 0.324. The van der Waals surface area contributed by atoms with Gasteiger partial charge in [0.25, 0.3) is 0 Å². The molecule has 4 aromatic rings. The van der Waals surface area contributed by atoms with Crippen molar-refractivity contribution in [1.82, 2.24) is 9.55 Å². The third-order valence-corrected chi connectivity index (χ3v) is 5.58. The molecule has 33 heavy (non-hydrogen) atoms. The molecule has 1 aromatic heterocycles. The number of carbonyl (C=O) groups excluding carboxylic acids is 1. The Morgan fingerprint density at radius 3 is 2.61 bits per heavy atom. The molecule has 3 aromatic carbocycles. The van der Waals surface area contributed by atoms with Gasteiger partial charge in [-0.05, 0) is 72.5 Å². The number of ether oxygens (including phenoxy) is 1. The number of hydrogen-bond acceptors (Lipinski definition) is 4. The predicted octanol–water partition coefficient (Wildman–Crippen LogP) is 5.06. The summed E-state index contributed by atoms with van der Waals surface area (Å²) in [4.78, 5) is 28.3. The minimum absolute atomic E-state index is 0.0331. The van der Waals surface area contributed by atoms with Gasteiger partial charge in [-0.25, -0.2) is 4.79 Å². The molecule has 0 atom stereocenters. The van der Waals surface area contributed by atoms with Crippen molar-refractivity contribution in [2.75, 3.05) is 7.11 Å². The smallest absolute Gasteiger partial charge is 0.330 e. The number of nitrogens with one attached hydrogen (secondary N) is 1. The number of rotatable bonds is 6. The average Bonchev–Trinajstić information content (AvgIpc) is 3.21. The number of allylic oxidation sites excluding steroid dienone is 1. The van der Waals surface area contributed by atoms with Gasteiger partial charge in [-0.15, -0.1) is 0 Å². The summed E-state index contributed by atoms with van der Waals surface area (Å²) < 4.78 is 6.59. The fourth-order valence-corrected chi connectivity index (χ4v) is 3.52. The molecule has 4 rings (SSSR count). The highest BCUT2D eigenvalue weighted by molar-refractivity contribution is 6.07. The van der Waals surface area contributed by atoms with Gasteiger partial charge in [0.15, 0.2) is 17.3 Å². The molecule has 0 fully saturated rings. The maximum atomic E-state index is 12.7. The van der Waals surface area contributed by atoms with Gasteiger partial charge in [0.05, 0.1) is 18.5 Å². The lowest BCUT2D eigenvalue weighted by molar-refractivity contribution is 0.104. The first-order valence-electron chi connectivity index (χ1n) is 10.4. The predicted molar refractivity (Wildman–Crippen MR) is 129 cm³/mol. The number of ketones is 1. The number of hydrogen-bond donors (Lipinski definition) is 2. The Morgan fingerprint density at radius 2 is 1.85 bits per heavy atom. The van der Waals surface area contributed by atoms with Crippen molar-refractivity contribution in [3.8, 4) is 28.4 Å². The zero-order valence-electron chi connectivity index (χ0n) is 18.6. The number of phenolic OH excluding ortho intramolecular Hbond substituents is 1. The summed E-state index contributed by atoms with van der Waals surface area (Å²) in [6.45, 7) is 4.08. The molecule has 6 nitrogen and oxygen atoms in total. The lowest BCUT2D eigenvalue weighted by atomic mass is 10.0. The van der Waals surface area contributed by atoms with Crippen LogP contribution in [0, 0.1) is 13.8 Å². The summed E-state index contributed by atoms with van der Waals surface area (Å²) in [6, 6.07) is 17.8. The first-order valence-corrected chi connectivity index (χ1v) is 10.4. The third-order valence-electron chi connectivity index (χ3n) is 5.58. The van der Waals surface area contributed by atoms with Gasteiger partial charge in [0.2, 0.25) is 0 Å². The van der Waals surface area contributed by atoms with Crippen LogP contribution in [0.25, 0.3) is 23.0 Å². The largest absolute Gasteiger partial charge is 0.504 e. The lowest BCUT2D eigenvalue weighted by Gasteiger charge is -2.05. The lowest BCUT2D eigenvalue weighted by Crippen LogP contribution is -2.14. The number of H-pyrrole nitrogens is 1. The van der Waals surface area contributed by atoms with E-state index in [0.717, 1.165) is 11.1 Å². The van der Waals surface area contributed by atoms with Crippen molar-refractivity contribution < 1.29 is 14.6 Å². The number of benzene rings is 3. The van der Waals surface area contributed by atoms with Crippen LogP contribution in [0.3, 0.4) is 0 Å². The summed E-state index contributed by atoms with van der Waals surface area (Å²) in [5.41, 5.74) is 5.45. The number of imidazole rings is 1. The standard InChI is InChI=1S/C27H24N2O4/c1-17-7-10-20(13-18(17)2)23-16-29(27(32)28-23)22-6-4-5-21(15-22)24(30)11-8-19-9-12-25(31)26(14-19)33-3/h4-16,31H,1-3H3,(H,28,32). The highest BCUT2D eigenvalue weighted by Crippen LogP contribution is 2.27. The SMILES string of the molecule is COc1cc(C=CC(=O)c2cccc(-n3cc(-c4ccc(C)c(C)c4)[nH]c3=O)c2)ccc1O. The van der Waals surface area contributed by atoms with Gasteiger partial charge in [-0.1, -0.05) is 36.4 Å². The van der Waals surface area contributed by atoms with E-state index in [0.29, 0.717) is 28.3 Å². The summed E-state index contributed by atoms with van der Waals surface area (Å²) in [7, 11) is 1.47. The molecule has 0 saturated heterocycles. The minimum atomic E-state index is -0.278. The Kier molecular flexibility index (Phi) is 6.00. The van der Waals surface area contributed by atoms with Crippen LogP contribution in [0.1, 0.15) is 27.0 Å². The average molecular weight is 440 g/mol. The number of aromatic hydroxyl groups is 1. The van der Waals surface area contributed by atoms with E-state index in [1.165, 1.54) is 29.4 Å². The maximum Gasteiger partial charge on any atom is 0.330 e. The van der Waals surface area contributed by atoms with E-state index < -0.39 is 0 Å². The summed E-state index contributed by atoms with van der Waals surface area (Å²) in [5, 5.41) is 9.71. The molecule has 0 aliphatic heterocycles. The number of aryl methyl sites for hydroxylation is 2. The molecular weight excluding hydrogens is 416 g/mol. The second-order valence-corrected chi connectivity index (χ2v) is 7.82. The Labute approximate surface area is 191 Å². The molecule has 0 radical (unpaired) electrons. The second kappa shape index (κ2) is 9.04. The van der Waals surface area contributed by atoms with Crippen molar-refractivity contribution >= 4 is 11.9 Å². The molecule has 0 aliphatic rings. The minimum Gasteiger partial charge on any atom is -0.504 e. The van der Waals surface area contributed by atoms with Gasteiger partial charge >= 0.3 is 5.69 Å². The first kappa shape index (κ1) is 21.9. The van der Waals surface area contributed by atoms with Crippen LogP contribution in [-0.4, -0.2) is 27.6 Å². The van der Waals surface area contributed by atoms with Crippen molar-refractivity contribution in [3.05, 3.63) is 106 Å². The summed E-state index contributed by atoms with van der Waals surface area (Å²) in [6.07, 6.45) is 4.84. The van der Waals surface area contributed by atoms with E-state index in [9.17, 15) is 14.7 Å². The number of phenols is 1. The summed E-state index contributed by atoms with van der Waals surface area (Å²) in [5.74, 6) is 0.158. The van der Waals surface area contributed by atoms with E-state index in [-0.39, 0.29) is 17.2 Å². The molecule has 2 N–H and O–H groups in total. The molecule has 0 aliphatic carbocycles. The van der Waals surface area contributed by atoms with Gasteiger partial charge in [0.1, 0.15) is 0 Å². The van der Waals surface area contributed by atoms with Crippen molar-refractivity contribution in [3.63, 3.8) is 0 Å². The Hall–Kier alpha value is -4.32. The van der Waals surface area contributed by atoms with Crippen LogP contribution in [0.5, 0.6) is 11.5 Å². The normalized spacial score (nSPS) is 11.1. The maximum absolute atomic E-state index is 12.7. The molecule has 166 valence electrons. The highest BCUT2D eigenvalue weighted by atomic mass is 16.5. The van der Waals surface area contributed by atoms with Crippen LogP contribution < -0.4 is 10.4 Å². The first-order chi connectivity index (χ1) is 15.9. The van der Waals surface area contributed by atoms with E-state index in [4.69, 9.17) is 4.74 Å². The van der Waals surface area contributed by atoms with E-state index >= 15 is 0 Å². The van der Waals surface area contributed by atoms with Crippen LogP contribution >= 0.6 is 0 Å². The number of aromatic amines is 1.